The average Bonchev–Trinajstić information content (AvgIpc) is 3.82. The Kier molecular flexibility index (Phi) is 14.5. The number of esters is 1. The van der Waals surface area contributed by atoms with Gasteiger partial charge < -0.3 is 51.6 Å². The van der Waals surface area contributed by atoms with E-state index in [0.717, 1.165) is 29.0 Å². The molecular formula is C37H45BrN10O8S2. The SMILES string of the molecule is CCO/N=C(\C(=O)NC1C(=O)N2C(C(=O)OCc3ccc(OC)cc3)=C(C[n+]3cccc4c3ncn4CC[C@H](C)N)CSC12)c1nsc(NC(=O)OC(C)(C)C)n1.[Br-]. The number of aromatic nitrogens is 5. The van der Waals surface area contributed by atoms with Crippen molar-refractivity contribution >= 4 is 69.2 Å². The molecule has 2 aliphatic heterocycles. The minimum absolute atomic E-state index is 0. The standard InChI is InChI=1S/C37H44N10O8S2.BrH/c1-7-54-43-26(29-41-35(57-44-29)42-36(51)55-37(3,4)5)31(48)40-27-32(49)47-28(34(50)53-18-22-10-12-24(52-6)13-11-22)23(19-56-33(27)47)17-45-15-8-9-25-30(45)39-20-46(25)16-14-21(2)38;/h8-13,15,20-21,27,33H,7,14,16-19,38H2,1-6H3,(H-,40,41,42,44,48,51);1H/b43-26-;/t21-,27?,33?;/m0./s1. The van der Waals surface area contributed by atoms with Gasteiger partial charge in [0.25, 0.3) is 11.8 Å². The van der Waals surface area contributed by atoms with Crippen molar-refractivity contribution in [3.63, 3.8) is 0 Å². The van der Waals surface area contributed by atoms with Gasteiger partial charge in [-0.05, 0) is 75.9 Å². The Morgan fingerprint density at radius 3 is 2.62 bits per heavy atom. The van der Waals surface area contributed by atoms with Gasteiger partial charge in [0.2, 0.25) is 23.0 Å². The maximum absolute atomic E-state index is 14.0. The van der Waals surface area contributed by atoms with Crippen molar-refractivity contribution in [2.75, 3.05) is 24.8 Å². The van der Waals surface area contributed by atoms with Crippen LogP contribution in [0.4, 0.5) is 9.93 Å². The number of hydrogen-bond acceptors (Lipinski definition) is 15. The molecule has 0 bridgehead atoms. The van der Waals surface area contributed by atoms with Crippen LogP contribution in [0.2, 0.25) is 0 Å². The van der Waals surface area contributed by atoms with Gasteiger partial charge in [0, 0.05) is 35.4 Å². The number of pyridine rings is 1. The number of fused-ring (bicyclic) bond motifs is 2. The van der Waals surface area contributed by atoms with Crippen LogP contribution in [0.25, 0.3) is 11.2 Å². The molecule has 3 amide bonds. The molecule has 0 radical (unpaired) electrons. The topological polar surface area (TPSA) is 218 Å². The fourth-order valence-electron chi connectivity index (χ4n) is 5.95. The normalized spacial score (nSPS) is 17.1. The summed E-state index contributed by atoms with van der Waals surface area (Å²) in [4.78, 5) is 69.5. The Labute approximate surface area is 353 Å². The molecular weight excluding hydrogens is 857 g/mol. The molecule has 5 heterocycles. The molecule has 3 aromatic heterocycles. The number of hydrogen-bond donors (Lipinski definition) is 3. The van der Waals surface area contributed by atoms with Gasteiger partial charge in [0.05, 0.1) is 13.3 Å². The summed E-state index contributed by atoms with van der Waals surface area (Å²) in [6.07, 6.45) is 3.66. The van der Waals surface area contributed by atoms with Crippen molar-refractivity contribution in [3.05, 3.63) is 71.6 Å². The van der Waals surface area contributed by atoms with Crippen molar-refractivity contribution in [2.24, 2.45) is 10.9 Å². The summed E-state index contributed by atoms with van der Waals surface area (Å²) in [6.45, 7) is 9.81. The van der Waals surface area contributed by atoms with Gasteiger partial charge in [0.1, 0.15) is 53.7 Å². The van der Waals surface area contributed by atoms with Gasteiger partial charge in [-0.2, -0.15) is 9.36 Å². The number of halogens is 1. The second-order valence-corrected chi connectivity index (χ2v) is 16.1. The maximum atomic E-state index is 14.0. The number of aryl methyl sites for hydroxylation is 1. The zero-order chi connectivity index (χ0) is 40.9. The summed E-state index contributed by atoms with van der Waals surface area (Å²) in [5.74, 6) is -1.13. The Morgan fingerprint density at radius 2 is 1.93 bits per heavy atom. The zero-order valence-corrected chi connectivity index (χ0v) is 36.0. The number of amides is 3. The van der Waals surface area contributed by atoms with Crippen LogP contribution >= 0.6 is 23.3 Å². The van der Waals surface area contributed by atoms with Crippen LogP contribution in [0.1, 0.15) is 52.4 Å². The van der Waals surface area contributed by atoms with E-state index in [2.05, 4.69) is 30.1 Å². The smallest absolute Gasteiger partial charge is 0.414 e. The Morgan fingerprint density at radius 1 is 1.17 bits per heavy atom. The Balaban J connectivity index is 0.00000641. The number of carbonyl (C=O) groups excluding carboxylic acids is 4. The number of imidazole rings is 1. The van der Waals surface area contributed by atoms with E-state index in [9.17, 15) is 19.2 Å². The number of anilines is 1. The largest absolute Gasteiger partial charge is 1.00 e. The van der Waals surface area contributed by atoms with Gasteiger partial charge in [-0.1, -0.05) is 17.3 Å². The van der Waals surface area contributed by atoms with E-state index in [1.807, 2.05) is 34.4 Å². The number of thioether (sulfide) groups is 1. The zero-order valence-electron chi connectivity index (χ0n) is 32.8. The minimum atomic E-state index is -1.03. The van der Waals surface area contributed by atoms with E-state index in [1.165, 1.54) is 16.7 Å². The third-order valence-corrected chi connectivity index (χ3v) is 10.6. The number of methoxy groups -OCH3 is 1. The van der Waals surface area contributed by atoms with E-state index < -0.39 is 40.9 Å². The lowest BCUT2D eigenvalue weighted by atomic mass is 10.0. The number of nitrogens with two attached hydrogens (primary N) is 1. The lowest BCUT2D eigenvalue weighted by Gasteiger charge is -2.49. The van der Waals surface area contributed by atoms with Gasteiger partial charge in [-0.15, -0.1) is 11.8 Å². The summed E-state index contributed by atoms with van der Waals surface area (Å²) in [6, 6.07) is 9.97. The number of rotatable bonds is 15. The molecule has 6 rings (SSSR count). The van der Waals surface area contributed by atoms with Crippen LogP contribution in [0.5, 0.6) is 5.75 Å². The highest BCUT2D eigenvalue weighted by molar-refractivity contribution is 8.00. The molecule has 1 aromatic carbocycles. The number of oxime groups is 1. The van der Waals surface area contributed by atoms with Crippen molar-refractivity contribution in [1.29, 1.82) is 0 Å². The minimum Gasteiger partial charge on any atom is -1.00 e. The van der Waals surface area contributed by atoms with Crippen LogP contribution < -0.4 is 42.7 Å². The molecule has 21 heteroatoms. The number of carbonyl (C=O) groups is 4. The first-order valence-electron chi connectivity index (χ1n) is 18.2. The number of β-lactam (4-membered cyclic amide) rings is 1. The highest BCUT2D eigenvalue weighted by atomic mass is 79.9. The van der Waals surface area contributed by atoms with Crippen molar-refractivity contribution in [2.45, 2.75) is 83.8 Å². The van der Waals surface area contributed by atoms with Gasteiger partial charge in [0.15, 0.2) is 0 Å². The number of benzene rings is 1. The summed E-state index contributed by atoms with van der Waals surface area (Å²) in [7, 11) is 1.56. The first-order chi connectivity index (χ1) is 27.3. The molecule has 0 spiro atoms. The van der Waals surface area contributed by atoms with Crippen molar-refractivity contribution < 1.29 is 59.8 Å². The summed E-state index contributed by atoms with van der Waals surface area (Å²) in [5, 5.41) is 8.55. The third kappa shape index (κ3) is 10.3. The second kappa shape index (κ2) is 19.1. The molecule has 18 nitrogen and oxygen atoms in total. The van der Waals surface area contributed by atoms with Crippen LogP contribution in [-0.4, -0.2) is 95.9 Å². The van der Waals surface area contributed by atoms with Crippen LogP contribution in [0.15, 0.2) is 65.3 Å². The summed E-state index contributed by atoms with van der Waals surface area (Å²) in [5.41, 5.74) is 8.03. The molecule has 2 unspecified atom stereocenters. The molecule has 4 aromatic rings. The van der Waals surface area contributed by atoms with Crippen molar-refractivity contribution in [3.8, 4) is 5.75 Å². The lowest BCUT2D eigenvalue weighted by molar-refractivity contribution is -0.664. The molecule has 58 heavy (non-hydrogen) atoms. The number of ether oxygens (including phenoxy) is 3. The van der Waals surface area contributed by atoms with Gasteiger partial charge in [-0.3, -0.25) is 19.8 Å². The monoisotopic (exact) mass is 900 g/mol. The molecule has 1 saturated heterocycles. The van der Waals surface area contributed by atoms with Crippen LogP contribution in [-0.2, 0) is 48.4 Å². The first-order valence-corrected chi connectivity index (χ1v) is 20.0. The Bertz CT molecular complexity index is 2200. The second-order valence-electron chi connectivity index (χ2n) is 14.2. The highest BCUT2D eigenvalue weighted by Crippen LogP contribution is 2.41. The van der Waals surface area contributed by atoms with E-state index >= 15 is 0 Å². The molecule has 310 valence electrons. The van der Waals surface area contributed by atoms with Crippen molar-refractivity contribution in [1.82, 2.24) is 29.1 Å². The Hall–Kier alpha value is -5.12. The number of nitrogens with zero attached hydrogens (tertiary/aromatic N) is 7. The fourth-order valence-corrected chi connectivity index (χ4v) is 7.84. The maximum Gasteiger partial charge on any atom is 0.414 e. The average molecular weight is 902 g/mol. The van der Waals surface area contributed by atoms with E-state index in [1.54, 1.807) is 65.4 Å². The fraction of sp³-hybridized carbons (Fsp3) is 0.432. The molecule has 0 aliphatic carbocycles. The highest BCUT2D eigenvalue weighted by Gasteiger charge is 2.55. The summed E-state index contributed by atoms with van der Waals surface area (Å²) >= 11 is 2.20. The molecule has 2 aliphatic rings. The molecule has 3 atom stereocenters. The van der Waals surface area contributed by atoms with Crippen LogP contribution in [0, 0.1) is 0 Å². The molecule has 4 N–H and O–H groups in total. The molecule has 1 fully saturated rings. The van der Waals surface area contributed by atoms with Gasteiger partial charge >= 0.3 is 17.7 Å². The predicted octanol–water partition coefficient (Wildman–Crippen LogP) is 0.110. The van der Waals surface area contributed by atoms with Crippen LogP contribution in [0.3, 0.4) is 0 Å². The third-order valence-electron chi connectivity index (χ3n) is 8.64. The van der Waals surface area contributed by atoms with E-state index in [0.29, 0.717) is 29.3 Å². The number of nitrogens with one attached hydrogen (secondary N) is 2. The quantitative estimate of drug-likeness (QED) is 0.0476. The van der Waals surface area contributed by atoms with E-state index in [4.69, 9.17) is 24.8 Å². The van der Waals surface area contributed by atoms with E-state index in [-0.39, 0.29) is 65.1 Å². The summed E-state index contributed by atoms with van der Waals surface area (Å²) < 4.78 is 24.5. The predicted molar refractivity (Wildman–Crippen MR) is 211 cm³/mol. The molecule has 0 saturated carbocycles. The van der Waals surface area contributed by atoms with Gasteiger partial charge in [-0.25, -0.2) is 14.2 Å². The lowest BCUT2D eigenvalue weighted by Crippen LogP contribution is -3.00. The first kappa shape index (κ1) is 44.0.